The number of pyridine rings is 1. The lowest BCUT2D eigenvalue weighted by molar-refractivity contribution is 0.819. The molecular weight excluding hydrogens is 363 g/mol. The second-order valence-electron chi connectivity index (χ2n) is 3.41. The highest BCUT2D eigenvalue weighted by atomic mass is 127. The van der Waals surface area contributed by atoms with Crippen LogP contribution in [0.1, 0.15) is 5.56 Å². The fourth-order valence-electron chi connectivity index (χ4n) is 1.27. The first-order valence-corrected chi connectivity index (χ1v) is 5.80. The van der Waals surface area contributed by atoms with Crippen molar-refractivity contribution in [2.24, 2.45) is 4.99 Å². The van der Waals surface area contributed by atoms with Crippen molar-refractivity contribution in [3.63, 3.8) is 0 Å². The average Bonchev–Trinajstić information content (AvgIpc) is 2.36. The lowest BCUT2D eigenvalue weighted by Crippen LogP contribution is -2.38. The first kappa shape index (κ1) is 17.2. The van der Waals surface area contributed by atoms with Crippen molar-refractivity contribution < 1.29 is 0 Å². The molecule has 2 N–H and O–H groups in total. The second kappa shape index (κ2) is 10.1. The molecule has 4 nitrogen and oxygen atoms in total. The van der Waals surface area contributed by atoms with Gasteiger partial charge in [-0.2, -0.15) is 0 Å². The van der Waals surface area contributed by atoms with E-state index in [1.54, 1.807) is 25.4 Å². The van der Waals surface area contributed by atoms with E-state index in [1.807, 2.05) is 6.07 Å². The number of hydrogen-bond donors (Lipinski definition) is 2. The minimum atomic E-state index is 0. The zero-order valence-electron chi connectivity index (χ0n) is 10.3. The van der Waals surface area contributed by atoms with Gasteiger partial charge in [-0.05, 0) is 18.1 Å². The van der Waals surface area contributed by atoms with Gasteiger partial charge in [-0.15, -0.1) is 30.6 Å². The van der Waals surface area contributed by atoms with E-state index in [1.165, 1.54) is 0 Å². The van der Waals surface area contributed by atoms with Crippen LogP contribution in [0.2, 0.25) is 5.15 Å². The highest BCUT2D eigenvalue weighted by molar-refractivity contribution is 14.0. The zero-order valence-corrected chi connectivity index (χ0v) is 13.4. The SMILES string of the molecule is C=CCNC(=NC)NCCc1ccc(Cl)nc1.I. The standard InChI is InChI=1S/C12H17ClN4.HI/c1-3-7-15-12(14-2)16-8-6-10-4-5-11(13)17-9-10;/h3-5,9H,1,6-8H2,2H3,(H2,14,15,16);1H. The maximum Gasteiger partial charge on any atom is 0.191 e. The quantitative estimate of drug-likeness (QED) is 0.271. The lowest BCUT2D eigenvalue weighted by Gasteiger charge is -2.10. The monoisotopic (exact) mass is 380 g/mol. The van der Waals surface area contributed by atoms with E-state index < -0.39 is 0 Å². The second-order valence-corrected chi connectivity index (χ2v) is 3.79. The molecule has 0 unspecified atom stereocenters. The molecule has 100 valence electrons. The van der Waals surface area contributed by atoms with Gasteiger partial charge in [0, 0.05) is 26.3 Å². The summed E-state index contributed by atoms with van der Waals surface area (Å²) in [6, 6.07) is 3.76. The summed E-state index contributed by atoms with van der Waals surface area (Å²) in [6.45, 7) is 5.13. The fraction of sp³-hybridized carbons (Fsp3) is 0.333. The Morgan fingerprint density at radius 1 is 1.50 bits per heavy atom. The van der Waals surface area contributed by atoms with E-state index in [2.05, 4.69) is 27.2 Å². The van der Waals surface area contributed by atoms with Gasteiger partial charge in [0.25, 0.3) is 0 Å². The maximum atomic E-state index is 5.71. The van der Waals surface area contributed by atoms with Crippen molar-refractivity contribution in [2.75, 3.05) is 20.1 Å². The van der Waals surface area contributed by atoms with Crippen LogP contribution in [0.4, 0.5) is 0 Å². The van der Waals surface area contributed by atoms with Crippen LogP contribution in [0, 0.1) is 0 Å². The summed E-state index contributed by atoms with van der Waals surface area (Å²) in [4.78, 5) is 8.11. The summed E-state index contributed by atoms with van der Waals surface area (Å²) in [7, 11) is 1.74. The molecule has 1 aromatic rings. The van der Waals surface area contributed by atoms with E-state index in [0.717, 1.165) is 24.5 Å². The van der Waals surface area contributed by atoms with Crippen LogP contribution in [0.25, 0.3) is 0 Å². The Bertz CT molecular complexity index is 378. The molecule has 6 heteroatoms. The number of aliphatic imine (C=N–C) groups is 1. The number of nitrogens with one attached hydrogen (secondary N) is 2. The van der Waals surface area contributed by atoms with Crippen LogP contribution in [-0.4, -0.2) is 31.1 Å². The van der Waals surface area contributed by atoms with E-state index in [0.29, 0.717) is 11.7 Å². The summed E-state index contributed by atoms with van der Waals surface area (Å²) in [5, 5.41) is 6.81. The Labute approximate surface area is 130 Å². The third-order valence-corrected chi connectivity index (χ3v) is 2.36. The highest BCUT2D eigenvalue weighted by Crippen LogP contribution is 2.05. The molecule has 0 radical (unpaired) electrons. The summed E-state index contributed by atoms with van der Waals surface area (Å²) in [5.41, 5.74) is 1.14. The topological polar surface area (TPSA) is 49.3 Å². The van der Waals surface area contributed by atoms with Crippen LogP contribution in [-0.2, 0) is 6.42 Å². The Morgan fingerprint density at radius 3 is 2.83 bits per heavy atom. The molecular formula is C12H18ClIN4. The molecule has 0 bridgehead atoms. The van der Waals surface area contributed by atoms with Crippen molar-refractivity contribution >= 4 is 41.5 Å². The van der Waals surface area contributed by atoms with E-state index in [4.69, 9.17) is 11.6 Å². The van der Waals surface area contributed by atoms with Crippen molar-refractivity contribution in [1.82, 2.24) is 15.6 Å². The molecule has 0 aliphatic carbocycles. The van der Waals surface area contributed by atoms with Gasteiger partial charge in [0.2, 0.25) is 0 Å². The molecule has 0 amide bonds. The van der Waals surface area contributed by atoms with Crippen LogP contribution in [0.3, 0.4) is 0 Å². The van der Waals surface area contributed by atoms with Crippen LogP contribution < -0.4 is 10.6 Å². The molecule has 0 aromatic carbocycles. The summed E-state index contributed by atoms with van der Waals surface area (Å²) in [5.74, 6) is 0.770. The first-order valence-electron chi connectivity index (χ1n) is 5.42. The number of nitrogens with zero attached hydrogens (tertiary/aromatic N) is 2. The minimum absolute atomic E-state index is 0. The predicted molar refractivity (Wildman–Crippen MR) is 87.9 cm³/mol. The molecule has 0 aliphatic rings. The van der Waals surface area contributed by atoms with E-state index >= 15 is 0 Å². The molecule has 0 saturated heterocycles. The Balaban J connectivity index is 0.00000289. The lowest BCUT2D eigenvalue weighted by atomic mass is 10.2. The van der Waals surface area contributed by atoms with Gasteiger partial charge in [0.1, 0.15) is 5.15 Å². The molecule has 0 saturated carbocycles. The van der Waals surface area contributed by atoms with Gasteiger partial charge >= 0.3 is 0 Å². The highest BCUT2D eigenvalue weighted by Gasteiger charge is 1.97. The van der Waals surface area contributed by atoms with Gasteiger partial charge < -0.3 is 10.6 Å². The molecule has 1 aromatic heterocycles. The van der Waals surface area contributed by atoms with Crippen LogP contribution >= 0.6 is 35.6 Å². The van der Waals surface area contributed by atoms with E-state index in [9.17, 15) is 0 Å². The number of hydrogen-bond acceptors (Lipinski definition) is 2. The van der Waals surface area contributed by atoms with Crippen molar-refractivity contribution in [3.8, 4) is 0 Å². The number of aromatic nitrogens is 1. The third kappa shape index (κ3) is 6.80. The minimum Gasteiger partial charge on any atom is -0.356 e. The van der Waals surface area contributed by atoms with Crippen molar-refractivity contribution in [2.45, 2.75) is 6.42 Å². The third-order valence-electron chi connectivity index (χ3n) is 2.13. The van der Waals surface area contributed by atoms with Crippen molar-refractivity contribution in [1.29, 1.82) is 0 Å². The van der Waals surface area contributed by atoms with Crippen LogP contribution in [0.5, 0.6) is 0 Å². The van der Waals surface area contributed by atoms with E-state index in [-0.39, 0.29) is 24.0 Å². The largest absolute Gasteiger partial charge is 0.356 e. The van der Waals surface area contributed by atoms with Crippen LogP contribution in [0.15, 0.2) is 36.0 Å². The Morgan fingerprint density at radius 2 is 2.28 bits per heavy atom. The number of guanidine groups is 1. The predicted octanol–water partition coefficient (Wildman–Crippen LogP) is 2.25. The molecule has 0 atom stereocenters. The summed E-state index contributed by atoms with van der Waals surface area (Å²) < 4.78 is 0. The summed E-state index contributed by atoms with van der Waals surface area (Å²) >= 11 is 5.71. The molecule has 0 aliphatic heterocycles. The average molecular weight is 381 g/mol. The van der Waals surface area contributed by atoms with Gasteiger partial charge in [0.15, 0.2) is 5.96 Å². The Hall–Kier alpha value is -0.820. The van der Waals surface area contributed by atoms with Crippen molar-refractivity contribution in [3.05, 3.63) is 41.7 Å². The maximum absolute atomic E-state index is 5.71. The molecule has 1 rings (SSSR count). The molecule has 0 spiro atoms. The van der Waals surface area contributed by atoms with Gasteiger partial charge in [0.05, 0.1) is 0 Å². The normalized spacial score (nSPS) is 10.4. The van der Waals surface area contributed by atoms with Gasteiger partial charge in [-0.1, -0.05) is 23.7 Å². The van der Waals surface area contributed by atoms with Gasteiger partial charge in [-0.3, -0.25) is 4.99 Å². The first-order chi connectivity index (χ1) is 8.26. The number of rotatable bonds is 5. The number of halogens is 2. The zero-order chi connectivity index (χ0) is 12.5. The molecule has 18 heavy (non-hydrogen) atoms. The summed E-state index contributed by atoms with van der Waals surface area (Å²) in [6.07, 6.45) is 4.44. The van der Waals surface area contributed by atoms with Gasteiger partial charge in [-0.25, -0.2) is 4.98 Å². The smallest absolute Gasteiger partial charge is 0.191 e. The molecule has 0 fully saturated rings. The fourth-order valence-corrected chi connectivity index (χ4v) is 1.38. The molecule has 1 heterocycles. The Kier molecular flexibility index (Phi) is 9.67.